The summed E-state index contributed by atoms with van der Waals surface area (Å²) in [4.78, 5) is 18.8. The molecule has 1 aliphatic rings. The van der Waals surface area contributed by atoms with Crippen LogP contribution in [0.25, 0.3) is 11.0 Å². The second kappa shape index (κ2) is 6.82. The zero-order valence-electron chi connectivity index (χ0n) is 17.2. The zero-order chi connectivity index (χ0) is 20.0. The van der Waals surface area contributed by atoms with Gasteiger partial charge in [-0.25, -0.2) is 9.78 Å². The highest BCUT2D eigenvalue weighted by Crippen LogP contribution is 2.33. The van der Waals surface area contributed by atoms with Crippen molar-refractivity contribution in [1.29, 1.82) is 0 Å². The van der Waals surface area contributed by atoms with Crippen molar-refractivity contribution >= 4 is 17.1 Å². The molecule has 2 heterocycles. The third-order valence-electron chi connectivity index (χ3n) is 4.87. The van der Waals surface area contributed by atoms with E-state index in [1.807, 2.05) is 27.7 Å². The number of aliphatic hydroxyl groups is 1. The fraction of sp³-hybridized carbons (Fsp3) is 0.619. The molecule has 0 spiro atoms. The molecule has 148 valence electrons. The van der Waals surface area contributed by atoms with Gasteiger partial charge in [0.15, 0.2) is 0 Å². The third kappa shape index (κ3) is 4.26. The molecular weight excluding hydrogens is 342 g/mol. The first-order chi connectivity index (χ1) is 12.5. The van der Waals surface area contributed by atoms with Crippen LogP contribution < -0.4 is 0 Å². The van der Waals surface area contributed by atoms with Crippen molar-refractivity contribution < 1.29 is 14.6 Å². The van der Waals surface area contributed by atoms with Crippen LogP contribution in [0, 0.1) is 6.92 Å². The molecule has 6 nitrogen and oxygen atoms in total. The standard InChI is InChI=1S/C21H31N3O3/c1-14-7-8-17-16(13-14)22-18(21(5,6)26)24(17)15-9-11-23(12-10-15)19(25)27-20(2,3)4/h7-8,13,15,26H,9-12H2,1-6H3. The number of hydrogen-bond donors (Lipinski definition) is 1. The van der Waals surface area contributed by atoms with Crippen LogP contribution >= 0.6 is 0 Å². The Hall–Kier alpha value is -2.08. The van der Waals surface area contributed by atoms with Gasteiger partial charge in [0, 0.05) is 19.1 Å². The SMILES string of the molecule is Cc1ccc2c(c1)nc(C(C)(C)O)n2C1CCN(C(=O)OC(C)(C)C)CC1. The van der Waals surface area contributed by atoms with Gasteiger partial charge in [-0.3, -0.25) is 0 Å². The van der Waals surface area contributed by atoms with Gasteiger partial charge in [-0.1, -0.05) is 6.07 Å². The number of benzene rings is 1. The quantitative estimate of drug-likeness (QED) is 0.859. The Morgan fingerprint density at radius 2 is 1.81 bits per heavy atom. The smallest absolute Gasteiger partial charge is 0.410 e. The summed E-state index contributed by atoms with van der Waals surface area (Å²) in [7, 11) is 0. The summed E-state index contributed by atoms with van der Waals surface area (Å²) in [6.07, 6.45) is 1.36. The summed E-state index contributed by atoms with van der Waals surface area (Å²) >= 11 is 0. The van der Waals surface area contributed by atoms with Crippen LogP contribution in [-0.4, -0.2) is 44.3 Å². The number of rotatable bonds is 2. The molecule has 0 radical (unpaired) electrons. The molecule has 2 aromatic rings. The van der Waals surface area contributed by atoms with E-state index in [0.717, 1.165) is 29.4 Å². The van der Waals surface area contributed by atoms with Gasteiger partial charge in [-0.15, -0.1) is 0 Å². The third-order valence-corrected chi connectivity index (χ3v) is 4.87. The molecule has 6 heteroatoms. The molecule has 27 heavy (non-hydrogen) atoms. The predicted molar refractivity (Wildman–Crippen MR) is 106 cm³/mol. The molecule has 0 saturated carbocycles. The fourth-order valence-electron chi connectivity index (χ4n) is 3.64. The average Bonchev–Trinajstić information content (AvgIpc) is 2.92. The van der Waals surface area contributed by atoms with E-state index < -0.39 is 11.2 Å². The van der Waals surface area contributed by atoms with Gasteiger partial charge in [0.05, 0.1) is 11.0 Å². The molecule has 1 N–H and O–H groups in total. The first-order valence-corrected chi connectivity index (χ1v) is 9.65. The van der Waals surface area contributed by atoms with E-state index in [-0.39, 0.29) is 12.1 Å². The lowest BCUT2D eigenvalue weighted by Gasteiger charge is -2.35. The number of piperidine rings is 1. The van der Waals surface area contributed by atoms with E-state index in [1.165, 1.54) is 0 Å². The van der Waals surface area contributed by atoms with Crippen molar-refractivity contribution in [2.24, 2.45) is 0 Å². The summed E-state index contributed by atoms with van der Waals surface area (Å²) in [5.41, 5.74) is 1.57. The first-order valence-electron chi connectivity index (χ1n) is 9.65. The number of carbonyl (C=O) groups is 1. The van der Waals surface area contributed by atoms with Gasteiger partial charge in [0.2, 0.25) is 0 Å². The highest BCUT2D eigenvalue weighted by atomic mass is 16.6. The zero-order valence-corrected chi connectivity index (χ0v) is 17.2. The van der Waals surface area contributed by atoms with E-state index >= 15 is 0 Å². The average molecular weight is 373 g/mol. The van der Waals surface area contributed by atoms with Crippen LogP contribution in [0.1, 0.15) is 64.9 Å². The van der Waals surface area contributed by atoms with Gasteiger partial charge in [-0.05, 0) is 72.1 Å². The van der Waals surface area contributed by atoms with Crippen molar-refractivity contribution in [1.82, 2.24) is 14.5 Å². The summed E-state index contributed by atoms with van der Waals surface area (Å²) in [5.74, 6) is 0.679. The summed E-state index contributed by atoms with van der Waals surface area (Å²) in [5, 5.41) is 10.7. The Morgan fingerprint density at radius 3 is 2.37 bits per heavy atom. The Bertz CT molecular complexity index is 835. The second-order valence-electron chi connectivity index (χ2n) is 9.06. The maximum Gasteiger partial charge on any atom is 0.410 e. The molecule has 1 fully saturated rings. The number of aromatic nitrogens is 2. The van der Waals surface area contributed by atoms with Gasteiger partial charge in [-0.2, -0.15) is 0 Å². The largest absolute Gasteiger partial charge is 0.444 e. The van der Waals surface area contributed by atoms with Crippen molar-refractivity contribution in [3.05, 3.63) is 29.6 Å². The maximum absolute atomic E-state index is 12.3. The molecule has 1 saturated heterocycles. The van der Waals surface area contributed by atoms with E-state index in [4.69, 9.17) is 9.72 Å². The second-order valence-corrected chi connectivity index (χ2v) is 9.06. The normalized spacial score (nSPS) is 16.8. The van der Waals surface area contributed by atoms with Crippen LogP contribution in [0.2, 0.25) is 0 Å². The summed E-state index contributed by atoms with van der Waals surface area (Å²) in [6.45, 7) is 12.5. The number of likely N-dealkylation sites (tertiary alicyclic amines) is 1. The maximum atomic E-state index is 12.3. The lowest BCUT2D eigenvalue weighted by atomic mass is 10.0. The van der Waals surface area contributed by atoms with E-state index in [2.05, 4.69) is 22.8 Å². The van der Waals surface area contributed by atoms with Gasteiger partial charge >= 0.3 is 6.09 Å². The Balaban J connectivity index is 1.86. The lowest BCUT2D eigenvalue weighted by Crippen LogP contribution is -2.42. The first kappa shape index (κ1) is 19.7. The molecule has 1 aliphatic heterocycles. The topological polar surface area (TPSA) is 67.6 Å². The minimum atomic E-state index is -1.03. The van der Waals surface area contributed by atoms with E-state index in [1.54, 1.807) is 18.7 Å². The van der Waals surface area contributed by atoms with Crippen molar-refractivity contribution in [3.63, 3.8) is 0 Å². The molecule has 0 bridgehead atoms. The number of hydrogen-bond acceptors (Lipinski definition) is 4. The molecule has 1 aromatic carbocycles. The van der Waals surface area contributed by atoms with Crippen LogP contribution in [0.3, 0.4) is 0 Å². The highest BCUT2D eigenvalue weighted by molar-refractivity contribution is 5.77. The van der Waals surface area contributed by atoms with Crippen LogP contribution in [0.15, 0.2) is 18.2 Å². The van der Waals surface area contributed by atoms with Gasteiger partial charge in [0.25, 0.3) is 0 Å². The molecule has 0 atom stereocenters. The summed E-state index contributed by atoms with van der Waals surface area (Å²) < 4.78 is 7.66. The van der Waals surface area contributed by atoms with Gasteiger partial charge < -0.3 is 19.3 Å². The highest BCUT2D eigenvalue weighted by Gasteiger charge is 2.32. The molecule has 1 amide bonds. The number of amides is 1. The Labute approximate surface area is 161 Å². The molecule has 0 unspecified atom stereocenters. The van der Waals surface area contributed by atoms with Crippen molar-refractivity contribution in [3.8, 4) is 0 Å². The van der Waals surface area contributed by atoms with Crippen LogP contribution in [0.5, 0.6) is 0 Å². The van der Waals surface area contributed by atoms with Crippen LogP contribution in [-0.2, 0) is 10.3 Å². The summed E-state index contributed by atoms with van der Waals surface area (Å²) in [6, 6.07) is 6.40. The minimum Gasteiger partial charge on any atom is -0.444 e. The number of nitrogens with zero attached hydrogens (tertiary/aromatic N) is 3. The van der Waals surface area contributed by atoms with Gasteiger partial charge in [0.1, 0.15) is 17.0 Å². The molecule has 3 rings (SSSR count). The molecule has 1 aromatic heterocycles. The minimum absolute atomic E-state index is 0.192. The van der Waals surface area contributed by atoms with E-state index in [9.17, 15) is 9.90 Å². The van der Waals surface area contributed by atoms with E-state index in [0.29, 0.717) is 18.9 Å². The Morgan fingerprint density at radius 1 is 1.19 bits per heavy atom. The molecule has 0 aliphatic carbocycles. The lowest BCUT2D eigenvalue weighted by molar-refractivity contribution is 0.0176. The van der Waals surface area contributed by atoms with Crippen LogP contribution in [0.4, 0.5) is 4.79 Å². The monoisotopic (exact) mass is 373 g/mol. The van der Waals surface area contributed by atoms with Crippen molar-refractivity contribution in [2.75, 3.05) is 13.1 Å². The number of fused-ring (bicyclic) bond motifs is 1. The van der Waals surface area contributed by atoms with Crippen molar-refractivity contribution in [2.45, 2.75) is 71.6 Å². The number of aryl methyl sites for hydroxylation is 1. The predicted octanol–water partition coefficient (Wildman–Crippen LogP) is 4.14. The fourth-order valence-corrected chi connectivity index (χ4v) is 3.64. The number of imidazole rings is 1. The number of ether oxygens (including phenoxy) is 1. The Kier molecular flexibility index (Phi) is 4.97. The number of carbonyl (C=O) groups excluding carboxylic acids is 1. The molecular formula is C21H31N3O3.